The first kappa shape index (κ1) is 20.3. The average Bonchev–Trinajstić information content (AvgIpc) is 3.39. The van der Waals surface area contributed by atoms with Crippen molar-refractivity contribution in [1.82, 2.24) is 30.8 Å². The topological polar surface area (TPSA) is 115 Å². The summed E-state index contributed by atoms with van der Waals surface area (Å²) in [4.78, 5) is 29.2. The molecule has 4 aromatic rings. The predicted molar refractivity (Wildman–Crippen MR) is 113 cm³/mol. The van der Waals surface area contributed by atoms with E-state index in [0.29, 0.717) is 11.6 Å². The predicted octanol–water partition coefficient (Wildman–Crippen LogP) is 3.27. The van der Waals surface area contributed by atoms with Gasteiger partial charge in [-0.25, -0.2) is 9.67 Å². The van der Waals surface area contributed by atoms with Gasteiger partial charge in [0, 0.05) is 17.3 Å². The highest BCUT2D eigenvalue weighted by molar-refractivity contribution is 6.33. The average molecular weight is 437 g/mol. The summed E-state index contributed by atoms with van der Waals surface area (Å²) in [6.07, 6.45) is 0. The quantitative estimate of drug-likeness (QED) is 0.474. The number of hydrogen-bond acceptors (Lipinski definition) is 6. The summed E-state index contributed by atoms with van der Waals surface area (Å²) in [6, 6.07) is 15.8. The van der Waals surface area contributed by atoms with Crippen LogP contribution in [0.4, 0.5) is 0 Å². The Bertz CT molecular complexity index is 1270. The molecule has 2 N–H and O–H groups in total. The van der Waals surface area contributed by atoms with Crippen molar-refractivity contribution >= 4 is 23.4 Å². The van der Waals surface area contributed by atoms with Gasteiger partial charge in [-0.2, -0.15) is 5.10 Å². The molecule has 0 fully saturated rings. The maximum Gasteiger partial charge on any atom is 0.291 e. The van der Waals surface area contributed by atoms with Crippen LogP contribution in [0, 0.1) is 13.8 Å². The van der Waals surface area contributed by atoms with Gasteiger partial charge in [-0.15, -0.1) is 0 Å². The molecule has 0 saturated carbocycles. The van der Waals surface area contributed by atoms with Crippen LogP contribution >= 0.6 is 11.6 Å². The van der Waals surface area contributed by atoms with E-state index >= 15 is 0 Å². The summed E-state index contributed by atoms with van der Waals surface area (Å²) in [5.41, 5.74) is 6.96. The molecule has 0 atom stereocenters. The van der Waals surface area contributed by atoms with Gasteiger partial charge in [0.25, 0.3) is 11.8 Å². The van der Waals surface area contributed by atoms with Crippen LogP contribution in [0.15, 0.2) is 59.1 Å². The lowest BCUT2D eigenvalue weighted by Crippen LogP contribution is -2.42. The van der Waals surface area contributed by atoms with E-state index in [1.807, 2.05) is 50.2 Å². The van der Waals surface area contributed by atoms with Gasteiger partial charge in [0.15, 0.2) is 23.0 Å². The molecule has 0 radical (unpaired) electrons. The van der Waals surface area contributed by atoms with E-state index in [0.717, 1.165) is 17.0 Å². The first-order valence-corrected chi connectivity index (χ1v) is 9.63. The lowest BCUT2D eigenvalue weighted by atomic mass is 10.1. The highest BCUT2D eigenvalue weighted by Gasteiger charge is 2.18. The van der Waals surface area contributed by atoms with Crippen LogP contribution in [0.2, 0.25) is 5.02 Å². The number of rotatable bonds is 4. The molecule has 0 aliphatic carbocycles. The van der Waals surface area contributed by atoms with Gasteiger partial charge in [-0.1, -0.05) is 47.1 Å². The molecule has 2 amide bonds. The standard InChI is InChI=1S/C21H17ClN6O3/c1-12-10-13(2)28(26-12)18-9-8-15(22)19(23-18)21(30)25-24-20(29)16-11-17(31-27-16)14-6-4-3-5-7-14/h3-11H,1-2H3,(H,24,29)(H,25,30). The molecular formula is C21H17ClN6O3. The summed E-state index contributed by atoms with van der Waals surface area (Å²) < 4.78 is 6.79. The number of halogens is 1. The molecule has 3 aromatic heterocycles. The molecule has 10 heteroatoms. The smallest absolute Gasteiger partial charge is 0.291 e. The Kier molecular flexibility index (Phi) is 5.50. The third-order valence-corrected chi connectivity index (χ3v) is 4.67. The zero-order valence-electron chi connectivity index (χ0n) is 16.6. The van der Waals surface area contributed by atoms with Gasteiger partial charge in [0.2, 0.25) is 0 Å². The minimum absolute atomic E-state index is 0.00889. The maximum absolute atomic E-state index is 12.6. The van der Waals surface area contributed by atoms with Crippen molar-refractivity contribution in [3.8, 4) is 17.1 Å². The van der Waals surface area contributed by atoms with Crippen molar-refractivity contribution in [2.45, 2.75) is 13.8 Å². The fraction of sp³-hybridized carbons (Fsp3) is 0.0952. The van der Waals surface area contributed by atoms with Crippen LogP contribution < -0.4 is 10.9 Å². The van der Waals surface area contributed by atoms with Crippen LogP contribution in [-0.4, -0.2) is 31.7 Å². The second-order valence-corrected chi connectivity index (χ2v) is 7.10. The fourth-order valence-electron chi connectivity index (χ4n) is 2.93. The molecular weight excluding hydrogens is 420 g/mol. The zero-order chi connectivity index (χ0) is 22.0. The van der Waals surface area contributed by atoms with E-state index in [9.17, 15) is 9.59 Å². The first-order chi connectivity index (χ1) is 14.9. The second kappa shape index (κ2) is 8.41. The molecule has 1 aromatic carbocycles. The summed E-state index contributed by atoms with van der Waals surface area (Å²) in [5, 5.41) is 8.21. The van der Waals surface area contributed by atoms with E-state index in [1.54, 1.807) is 16.8 Å². The SMILES string of the molecule is Cc1cc(C)n(-c2ccc(Cl)c(C(=O)NNC(=O)c3cc(-c4ccccc4)on3)n2)n1. The Morgan fingerprint density at radius 1 is 1.00 bits per heavy atom. The third-order valence-electron chi connectivity index (χ3n) is 4.36. The number of aryl methyl sites for hydroxylation is 2. The number of hydrazine groups is 1. The normalized spacial score (nSPS) is 10.7. The van der Waals surface area contributed by atoms with Crippen molar-refractivity contribution in [1.29, 1.82) is 0 Å². The Morgan fingerprint density at radius 2 is 1.74 bits per heavy atom. The van der Waals surface area contributed by atoms with E-state index < -0.39 is 11.8 Å². The van der Waals surface area contributed by atoms with Crippen LogP contribution in [0.5, 0.6) is 0 Å². The summed E-state index contributed by atoms with van der Waals surface area (Å²) in [5.74, 6) is -0.478. The van der Waals surface area contributed by atoms with E-state index in [1.165, 1.54) is 6.07 Å². The highest BCUT2D eigenvalue weighted by atomic mass is 35.5. The molecule has 9 nitrogen and oxygen atoms in total. The Labute approximate surface area is 182 Å². The molecule has 0 aliphatic heterocycles. The Morgan fingerprint density at radius 3 is 2.45 bits per heavy atom. The summed E-state index contributed by atoms with van der Waals surface area (Å²) in [7, 11) is 0. The Hall–Kier alpha value is -3.98. The van der Waals surface area contributed by atoms with E-state index in [4.69, 9.17) is 16.1 Å². The van der Waals surface area contributed by atoms with Crippen molar-refractivity contribution in [3.05, 3.63) is 82.4 Å². The van der Waals surface area contributed by atoms with Crippen LogP contribution in [-0.2, 0) is 0 Å². The molecule has 0 bridgehead atoms. The lowest BCUT2D eigenvalue weighted by Gasteiger charge is -2.09. The minimum atomic E-state index is -0.687. The number of nitrogens with zero attached hydrogens (tertiary/aromatic N) is 4. The largest absolute Gasteiger partial charge is 0.355 e. The van der Waals surface area contributed by atoms with Crippen molar-refractivity contribution < 1.29 is 14.1 Å². The summed E-state index contributed by atoms with van der Waals surface area (Å²) in [6.45, 7) is 3.73. The number of benzene rings is 1. The van der Waals surface area contributed by atoms with Gasteiger partial charge < -0.3 is 4.52 Å². The second-order valence-electron chi connectivity index (χ2n) is 6.69. The molecule has 0 unspecified atom stereocenters. The molecule has 3 heterocycles. The third kappa shape index (κ3) is 4.31. The van der Waals surface area contributed by atoms with Gasteiger partial charge in [-0.3, -0.25) is 20.4 Å². The minimum Gasteiger partial charge on any atom is -0.355 e. The molecule has 0 saturated heterocycles. The van der Waals surface area contributed by atoms with Crippen molar-refractivity contribution in [2.75, 3.05) is 0 Å². The number of hydrogen-bond donors (Lipinski definition) is 2. The first-order valence-electron chi connectivity index (χ1n) is 9.25. The van der Waals surface area contributed by atoms with E-state index in [-0.39, 0.29) is 16.4 Å². The highest BCUT2D eigenvalue weighted by Crippen LogP contribution is 2.20. The lowest BCUT2D eigenvalue weighted by molar-refractivity contribution is 0.0839. The number of pyridine rings is 1. The van der Waals surface area contributed by atoms with Crippen LogP contribution in [0.1, 0.15) is 32.4 Å². The van der Waals surface area contributed by atoms with Crippen molar-refractivity contribution in [3.63, 3.8) is 0 Å². The fourth-order valence-corrected chi connectivity index (χ4v) is 3.12. The van der Waals surface area contributed by atoms with Crippen molar-refractivity contribution in [2.24, 2.45) is 0 Å². The van der Waals surface area contributed by atoms with E-state index in [2.05, 4.69) is 26.1 Å². The molecule has 31 heavy (non-hydrogen) atoms. The zero-order valence-corrected chi connectivity index (χ0v) is 17.3. The maximum atomic E-state index is 12.6. The monoisotopic (exact) mass is 436 g/mol. The number of carbonyl (C=O) groups is 2. The molecule has 0 spiro atoms. The summed E-state index contributed by atoms with van der Waals surface area (Å²) >= 11 is 6.13. The van der Waals surface area contributed by atoms with Gasteiger partial charge >= 0.3 is 0 Å². The van der Waals surface area contributed by atoms with Gasteiger partial charge in [-0.05, 0) is 32.0 Å². The number of aromatic nitrogens is 4. The molecule has 4 rings (SSSR count). The number of carbonyl (C=O) groups excluding carboxylic acids is 2. The number of nitrogens with one attached hydrogen (secondary N) is 2. The molecule has 0 aliphatic rings. The van der Waals surface area contributed by atoms with Crippen LogP contribution in [0.25, 0.3) is 17.1 Å². The Balaban J connectivity index is 1.46. The van der Waals surface area contributed by atoms with Gasteiger partial charge in [0.1, 0.15) is 0 Å². The van der Waals surface area contributed by atoms with Crippen LogP contribution in [0.3, 0.4) is 0 Å². The molecule has 156 valence electrons. The van der Waals surface area contributed by atoms with Gasteiger partial charge in [0.05, 0.1) is 10.7 Å². The number of amides is 2.